The number of rotatable bonds is 5. The second-order valence-electron chi connectivity index (χ2n) is 5.45. The highest BCUT2D eigenvalue weighted by molar-refractivity contribution is 7.97. The van der Waals surface area contributed by atoms with Crippen LogP contribution in [-0.4, -0.2) is 21.6 Å². The van der Waals surface area contributed by atoms with Crippen molar-refractivity contribution in [1.29, 1.82) is 0 Å². The van der Waals surface area contributed by atoms with Crippen LogP contribution in [0.15, 0.2) is 36.4 Å². The molecule has 0 saturated heterocycles. The Balaban J connectivity index is 1.86. The number of nitrogens with one attached hydrogen (secondary N) is 1. The van der Waals surface area contributed by atoms with Crippen molar-refractivity contribution < 1.29 is 14.7 Å². The number of hydrogen-bond donors (Lipinski definition) is 2. The number of benzene rings is 1. The highest BCUT2D eigenvalue weighted by Crippen LogP contribution is 2.30. The van der Waals surface area contributed by atoms with Gasteiger partial charge in [-0.3, -0.25) is 4.79 Å². The highest BCUT2D eigenvalue weighted by atomic mass is 32.2. The van der Waals surface area contributed by atoms with E-state index in [1.165, 1.54) is 6.07 Å². The number of nitrogens with zero attached hydrogens (tertiary/aromatic N) is 1. The van der Waals surface area contributed by atoms with Gasteiger partial charge in [0.15, 0.2) is 0 Å². The zero-order valence-electron chi connectivity index (χ0n) is 12.8. The molecule has 0 unspecified atom stereocenters. The van der Waals surface area contributed by atoms with Crippen LogP contribution in [0, 0.1) is 0 Å². The van der Waals surface area contributed by atoms with Crippen LogP contribution in [0.4, 0.5) is 0 Å². The van der Waals surface area contributed by atoms with Crippen LogP contribution in [0.3, 0.4) is 0 Å². The third-order valence-electron chi connectivity index (χ3n) is 4.05. The first kappa shape index (κ1) is 15.7. The molecule has 1 aliphatic heterocycles. The molecule has 0 spiro atoms. The lowest BCUT2D eigenvalue weighted by atomic mass is 10.0. The van der Waals surface area contributed by atoms with Gasteiger partial charge in [-0.1, -0.05) is 37.3 Å². The van der Waals surface area contributed by atoms with Gasteiger partial charge in [0.2, 0.25) is 0 Å². The van der Waals surface area contributed by atoms with Crippen LogP contribution in [0.25, 0.3) is 0 Å². The first-order valence-electron chi connectivity index (χ1n) is 7.51. The number of fused-ring (bicyclic) bond motifs is 1. The predicted octanol–water partition coefficient (Wildman–Crippen LogP) is 3.27. The summed E-state index contributed by atoms with van der Waals surface area (Å²) >= 11 is 1.61. The highest BCUT2D eigenvalue weighted by Gasteiger charge is 2.27. The molecular weight excluding hydrogens is 312 g/mol. The van der Waals surface area contributed by atoms with Crippen molar-refractivity contribution in [1.82, 2.24) is 9.88 Å². The van der Waals surface area contributed by atoms with Gasteiger partial charge in [-0.15, -0.1) is 11.8 Å². The molecule has 1 amide bonds. The molecule has 1 aromatic heterocycles. The molecular formula is C17H18N2O3S. The third kappa shape index (κ3) is 2.99. The Morgan fingerprint density at radius 2 is 2.09 bits per heavy atom. The molecule has 0 radical (unpaired) electrons. The minimum atomic E-state index is -0.981. The zero-order valence-corrected chi connectivity index (χ0v) is 13.6. The molecule has 5 nitrogen and oxygen atoms in total. The van der Waals surface area contributed by atoms with Gasteiger partial charge in [0.25, 0.3) is 5.91 Å². The van der Waals surface area contributed by atoms with Gasteiger partial charge < -0.3 is 15.0 Å². The Labute approximate surface area is 138 Å². The third-order valence-corrected chi connectivity index (χ3v) is 4.96. The fourth-order valence-corrected chi connectivity index (χ4v) is 3.91. The van der Waals surface area contributed by atoms with E-state index in [0.29, 0.717) is 17.3 Å². The zero-order chi connectivity index (χ0) is 16.4. The predicted molar refractivity (Wildman–Crippen MR) is 89.6 cm³/mol. The summed E-state index contributed by atoms with van der Waals surface area (Å²) in [6, 6.07) is 11.2. The molecule has 120 valence electrons. The van der Waals surface area contributed by atoms with Gasteiger partial charge in [0.1, 0.15) is 5.69 Å². The van der Waals surface area contributed by atoms with Gasteiger partial charge >= 0.3 is 5.97 Å². The molecule has 0 aliphatic carbocycles. The quantitative estimate of drug-likeness (QED) is 0.882. The van der Waals surface area contributed by atoms with E-state index in [4.69, 9.17) is 0 Å². The standard InChI is InChI=1S/C17H18N2O3S/c1-2-13(11-6-4-3-5-7-11)18-16(20)14-8-12(17(21)22)15-9-23-10-19(14)15/h3-8,13H,2,9-10H2,1H3,(H,18,20)(H,21,22)/t13-/m1/s1. The van der Waals surface area contributed by atoms with Crippen LogP contribution in [0.5, 0.6) is 0 Å². The molecule has 1 aromatic carbocycles. The minimum Gasteiger partial charge on any atom is -0.478 e. The van der Waals surface area contributed by atoms with Crippen molar-refractivity contribution in [3.63, 3.8) is 0 Å². The Morgan fingerprint density at radius 1 is 1.35 bits per heavy atom. The Bertz CT molecular complexity index is 740. The summed E-state index contributed by atoms with van der Waals surface area (Å²) in [5, 5.41) is 12.3. The van der Waals surface area contributed by atoms with E-state index in [1.807, 2.05) is 37.3 Å². The fourth-order valence-electron chi connectivity index (χ4n) is 2.84. The van der Waals surface area contributed by atoms with E-state index in [9.17, 15) is 14.7 Å². The van der Waals surface area contributed by atoms with E-state index in [-0.39, 0.29) is 17.5 Å². The molecule has 3 rings (SSSR count). The second kappa shape index (κ2) is 6.50. The van der Waals surface area contributed by atoms with Crippen molar-refractivity contribution in [2.75, 3.05) is 0 Å². The first-order valence-corrected chi connectivity index (χ1v) is 8.66. The smallest absolute Gasteiger partial charge is 0.337 e. The maximum Gasteiger partial charge on any atom is 0.337 e. The van der Waals surface area contributed by atoms with Gasteiger partial charge in [-0.05, 0) is 18.1 Å². The number of amides is 1. The summed E-state index contributed by atoms with van der Waals surface area (Å²) in [5.74, 6) is 0.0422. The molecule has 2 N–H and O–H groups in total. The van der Waals surface area contributed by atoms with Crippen molar-refractivity contribution >= 4 is 23.6 Å². The number of thioether (sulfide) groups is 1. The number of carboxylic acid groups (broad SMARTS) is 1. The molecule has 1 aliphatic rings. The Kier molecular flexibility index (Phi) is 4.43. The fraction of sp³-hybridized carbons (Fsp3) is 0.294. The normalized spacial score (nSPS) is 14.3. The second-order valence-corrected chi connectivity index (χ2v) is 6.40. The Hall–Kier alpha value is -2.21. The lowest BCUT2D eigenvalue weighted by Gasteiger charge is -2.17. The van der Waals surface area contributed by atoms with Gasteiger partial charge in [0.05, 0.1) is 17.5 Å². The van der Waals surface area contributed by atoms with Gasteiger partial charge in [-0.2, -0.15) is 0 Å². The molecule has 2 heterocycles. The summed E-state index contributed by atoms with van der Waals surface area (Å²) in [4.78, 5) is 24.0. The maximum atomic E-state index is 12.6. The van der Waals surface area contributed by atoms with Crippen LogP contribution >= 0.6 is 11.8 Å². The van der Waals surface area contributed by atoms with E-state index in [0.717, 1.165) is 17.7 Å². The number of carbonyl (C=O) groups is 2. The molecule has 1 atom stereocenters. The van der Waals surface area contributed by atoms with Crippen molar-refractivity contribution in [2.24, 2.45) is 0 Å². The molecule has 6 heteroatoms. The van der Waals surface area contributed by atoms with Crippen molar-refractivity contribution in [3.05, 3.63) is 58.9 Å². The monoisotopic (exact) mass is 330 g/mol. The van der Waals surface area contributed by atoms with Crippen LogP contribution in [0.2, 0.25) is 0 Å². The summed E-state index contributed by atoms with van der Waals surface area (Å²) in [6.07, 6.45) is 0.768. The van der Waals surface area contributed by atoms with Crippen molar-refractivity contribution in [3.8, 4) is 0 Å². The molecule has 23 heavy (non-hydrogen) atoms. The SMILES string of the molecule is CC[C@@H](NC(=O)c1cc(C(=O)O)c2n1CSC2)c1ccccc1. The lowest BCUT2D eigenvalue weighted by Crippen LogP contribution is -2.29. The average molecular weight is 330 g/mol. The molecule has 2 aromatic rings. The lowest BCUT2D eigenvalue weighted by molar-refractivity contribution is 0.0696. The van der Waals surface area contributed by atoms with Gasteiger partial charge in [-0.25, -0.2) is 4.79 Å². The van der Waals surface area contributed by atoms with E-state index in [2.05, 4.69) is 5.32 Å². The van der Waals surface area contributed by atoms with Crippen LogP contribution < -0.4 is 5.32 Å². The van der Waals surface area contributed by atoms with Gasteiger partial charge in [0, 0.05) is 11.4 Å². The molecule has 0 saturated carbocycles. The van der Waals surface area contributed by atoms with E-state index < -0.39 is 5.97 Å². The number of aromatic carboxylic acids is 1. The number of aromatic nitrogens is 1. The number of carbonyl (C=O) groups excluding carboxylic acids is 1. The topological polar surface area (TPSA) is 71.3 Å². The average Bonchev–Trinajstić information content (AvgIpc) is 3.15. The summed E-state index contributed by atoms with van der Waals surface area (Å²) in [6.45, 7) is 2.01. The molecule has 0 bridgehead atoms. The van der Waals surface area contributed by atoms with E-state index in [1.54, 1.807) is 16.3 Å². The largest absolute Gasteiger partial charge is 0.478 e. The summed E-state index contributed by atoms with van der Waals surface area (Å²) in [5.41, 5.74) is 2.43. The summed E-state index contributed by atoms with van der Waals surface area (Å²) in [7, 11) is 0. The van der Waals surface area contributed by atoms with E-state index >= 15 is 0 Å². The molecule has 0 fully saturated rings. The minimum absolute atomic E-state index is 0.0859. The van der Waals surface area contributed by atoms with Crippen LogP contribution in [-0.2, 0) is 11.6 Å². The number of hydrogen-bond acceptors (Lipinski definition) is 3. The maximum absolute atomic E-state index is 12.6. The van der Waals surface area contributed by atoms with Crippen molar-refractivity contribution in [2.45, 2.75) is 31.0 Å². The first-order chi connectivity index (χ1) is 11.1. The van der Waals surface area contributed by atoms with Crippen LogP contribution in [0.1, 0.15) is 51.5 Å². The number of carboxylic acids is 1. The Morgan fingerprint density at radius 3 is 2.74 bits per heavy atom. The summed E-state index contributed by atoms with van der Waals surface area (Å²) < 4.78 is 1.81.